The molecule has 0 saturated carbocycles. The van der Waals surface area contributed by atoms with E-state index in [1.54, 1.807) is 18.4 Å². The molecule has 0 saturated heterocycles. The van der Waals surface area contributed by atoms with Crippen LogP contribution in [0.3, 0.4) is 0 Å². The van der Waals surface area contributed by atoms with Crippen LogP contribution in [-0.4, -0.2) is 19.0 Å². The second-order valence-electron chi connectivity index (χ2n) is 3.16. The molecule has 0 bridgehead atoms. The molecule has 0 radical (unpaired) electrons. The summed E-state index contributed by atoms with van der Waals surface area (Å²) in [5.74, 6) is 0.225. The van der Waals surface area contributed by atoms with Crippen molar-refractivity contribution in [3.8, 4) is 0 Å². The van der Waals surface area contributed by atoms with Crippen LogP contribution >= 0.6 is 27.3 Å². The number of carbonyl (C=O) groups is 1. The Morgan fingerprint density at radius 3 is 2.93 bits per heavy atom. The third-order valence-electron chi connectivity index (χ3n) is 1.97. The SMILES string of the molecule is COC(C)CC(=O)Cc1sccc1Br. The number of halogens is 1. The molecule has 14 heavy (non-hydrogen) atoms. The number of Topliss-reactive ketones (excluding diaryl/α,β-unsaturated/α-hetero) is 1. The number of hydrogen-bond donors (Lipinski definition) is 0. The van der Waals surface area contributed by atoms with Gasteiger partial charge in [-0.3, -0.25) is 4.79 Å². The van der Waals surface area contributed by atoms with Gasteiger partial charge in [0.2, 0.25) is 0 Å². The zero-order valence-corrected chi connectivity index (χ0v) is 10.7. The van der Waals surface area contributed by atoms with E-state index in [2.05, 4.69) is 15.9 Å². The van der Waals surface area contributed by atoms with Crippen LogP contribution in [0.25, 0.3) is 0 Å². The van der Waals surface area contributed by atoms with Gasteiger partial charge in [-0.15, -0.1) is 11.3 Å². The molecule has 0 aliphatic rings. The Balaban J connectivity index is 2.45. The lowest BCUT2D eigenvalue weighted by Gasteiger charge is -2.07. The van der Waals surface area contributed by atoms with Crippen molar-refractivity contribution in [1.29, 1.82) is 0 Å². The van der Waals surface area contributed by atoms with Gasteiger partial charge in [0.1, 0.15) is 5.78 Å². The Morgan fingerprint density at radius 1 is 1.71 bits per heavy atom. The molecule has 4 heteroatoms. The highest BCUT2D eigenvalue weighted by Gasteiger charge is 2.11. The number of thiophene rings is 1. The summed E-state index contributed by atoms with van der Waals surface area (Å²) in [4.78, 5) is 12.6. The van der Waals surface area contributed by atoms with Crippen LogP contribution in [0.4, 0.5) is 0 Å². The second-order valence-corrected chi connectivity index (χ2v) is 5.01. The summed E-state index contributed by atoms with van der Waals surface area (Å²) in [5, 5.41) is 1.98. The maximum atomic E-state index is 11.5. The van der Waals surface area contributed by atoms with Crippen LogP contribution in [-0.2, 0) is 16.0 Å². The van der Waals surface area contributed by atoms with Crippen molar-refractivity contribution in [3.63, 3.8) is 0 Å². The van der Waals surface area contributed by atoms with Crippen LogP contribution in [0.5, 0.6) is 0 Å². The van der Waals surface area contributed by atoms with E-state index >= 15 is 0 Å². The van der Waals surface area contributed by atoms with Gasteiger partial charge in [0.05, 0.1) is 6.10 Å². The molecule has 2 nitrogen and oxygen atoms in total. The van der Waals surface area contributed by atoms with Crippen molar-refractivity contribution in [2.45, 2.75) is 25.9 Å². The third kappa shape index (κ3) is 3.52. The van der Waals surface area contributed by atoms with E-state index in [1.165, 1.54) is 0 Å². The maximum Gasteiger partial charge on any atom is 0.140 e. The Labute approximate surface area is 96.4 Å². The van der Waals surface area contributed by atoms with Gasteiger partial charge in [-0.05, 0) is 34.3 Å². The zero-order chi connectivity index (χ0) is 10.6. The van der Waals surface area contributed by atoms with Crippen molar-refractivity contribution < 1.29 is 9.53 Å². The van der Waals surface area contributed by atoms with E-state index < -0.39 is 0 Å². The highest BCUT2D eigenvalue weighted by molar-refractivity contribution is 9.10. The van der Waals surface area contributed by atoms with Gasteiger partial charge >= 0.3 is 0 Å². The first-order chi connectivity index (χ1) is 6.63. The van der Waals surface area contributed by atoms with Crippen molar-refractivity contribution in [3.05, 3.63) is 20.8 Å². The Morgan fingerprint density at radius 2 is 2.43 bits per heavy atom. The predicted octanol–water partition coefficient (Wildman–Crippen LogP) is 3.05. The molecule has 78 valence electrons. The molecule has 1 heterocycles. The largest absolute Gasteiger partial charge is 0.381 e. The van der Waals surface area contributed by atoms with E-state index in [0.717, 1.165) is 9.35 Å². The minimum absolute atomic E-state index is 0.0150. The van der Waals surface area contributed by atoms with Crippen LogP contribution < -0.4 is 0 Å². The highest BCUT2D eigenvalue weighted by atomic mass is 79.9. The molecule has 0 N–H and O–H groups in total. The Kier molecular flexibility index (Phi) is 4.78. The number of ketones is 1. The highest BCUT2D eigenvalue weighted by Crippen LogP contribution is 2.23. The van der Waals surface area contributed by atoms with Crippen LogP contribution in [0.15, 0.2) is 15.9 Å². The number of ether oxygens (including phenoxy) is 1. The summed E-state index contributed by atoms with van der Waals surface area (Å²) in [6.07, 6.45) is 1.01. The van der Waals surface area contributed by atoms with Crippen molar-refractivity contribution >= 4 is 33.0 Å². The van der Waals surface area contributed by atoms with Crippen molar-refractivity contribution in [2.75, 3.05) is 7.11 Å². The normalized spacial score (nSPS) is 12.8. The van der Waals surface area contributed by atoms with Crippen LogP contribution in [0, 0.1) is 0 Å². The van der Waals surface area contributed by atoms with Gasteiger partial charge in [-0.2, -0.15) is 0 Å². The monoisotopic (exact) mass is 276 g/mol. The summed E-state index contributed by atoms with van der Waals surface area (Å²) < 4.78 is 6.07. The van der Waals surface area contributed by atoms with Gasteiger partial charge < -0.3 is 4.74 Å². The summed E-state index contributed by atoms with van der Waals surface area (Å²) in [6.45, 7) is 1.90. The number of carbonyl (C=O) groups excluding carboxylic acids is 1. The first-order valence-electron chi connectivity index (χ1n) is 4.40. The molecule has 0 aliphatic heterocycles. The van der Waals surface area contributed by atoms with Gasteiger partial charge in [0.25, 0.3) is 0 Å². The molecule has 0 aromatic carbocycles. The van der Waals surface area contributed by atoms with E-state index in [9.17, 15) is 4.79 Å². The lowest BCUT2D eigenvalue weighted by atomic mass is 10.1. The molecular weight excluding hydrogens is 264 g/mol. The molecule has 0 spiro atoms. The lowest BCUT2D eigenvalue weighted by Crippen LogP contribution is -2.13. The molecule has 1 unspecified atom stereocenters. The second kappa shape index (κ2) is 5.63. The maximum absolute atomic E-state index is 11.5. The van der Waals surface area contributed by atoms with Crippen LogP contribution in [0.1, 0.15) is 18.2 Å². The topological polar surface area (TPSA) is 26.3 Å². The smallest absolute Gasteiger partial charge is 0.140 e. The molecule has 1 aromatic rings. The van der Waals surface area contributed by atoms with E-state index in [1.807, 2.05) is 18.4 Å². The van der Waals surface area contributed by atoms with Crippen molar-refractivity contribution in [1.82, 2.24) is 0 Å². The minimum Gasteiger partial charge on any atom is -0.381 e. The summed E-state index contributed by atoms with van der Waals surface area (Å²) in [5.41, 5.74) is 0. The Hall–Kier alpha value is -0.190. The summed E-state index contributed by atoms with van der Waals surface area (Å²) in [6, 6.07) is 1.97. The van der Waals surface area contributed by atoms with Gasteiger partial charge in [-0.1, -0.05) is 0 Å². The van der Waals surface area contributed by atoms with Gasteiger partial charge in [0.15, 0.2) is 0 Å². The van der Waals surface area contributed by atoms with Crippen molar-refractivity contribution in [2.24, 2.45) is 0 Å². The minimum atomic E-state index is 0.0150. The first-order valence-corrected chi connectivity index (χ1v) is 6.07. The molecule has 0 aliphatic carbocycles. The predicted molar refractivity (Wildman–Crippen MR) is 61.8 cm³/mol. The molecule has 1 aromatic heterocycles. The third-order valence-corrected chi connectivity index (χ3v) is 3.89. The number of hydrogen-bond acceptors (Lipinski definition) is 3. The average molecular weight is 277 g/mol. The number of rotatable bonds is 5. The molecule has 1 atom stereocenters. The molecule has 0 fully saturated rings. The molecule has 0 amide bonds. The van der Waals surface area contributed by atoms with E-state index in [-0.39, 0.29) is 11.9 Å². The fourth-order valence-corrected chi connectivity index (χ4v) is 2.63. The van der Waals surface area contributed by atoms with Crippen LogP contribution in [0.2, 0.25) is 0 Å². The van der Waals surface area contributed by atoms with E-state index in [0.29, 0.717) is 12.8 Å². The molecule has 1 rings (SSSR count). The van der Waals surface area contributed by atoms with Gasteiger partial charge in [0, 0.05) is 29.3 Å². The van der Waals surface area contributed by atoms with E-state index in [4.69, 9.17) is 4.74 Å². The fraction of sp³-hybridized carbons (Fsp3) is 0.500. The lowest BCUT2D eigenvalue weighted by molar-refractivity contribution is -0.120. The standard InChI is InChI=1S/C10H13BrO2S/c1-7(13-2)5-8(12)6-10-9(11)3-4-14-10/h3-4,7H,5-6H2,1-2H3. The fourth-order valence-electron chi connectivity index (χ4n) is 1.11. The van der Waals surface area contributed by atoms with Gasteiger partial charge in [-0.25, -0.2) is 0 Å². The quantitative estimate of drug-likeness (QED) is 0.826. The molecular formula is C10H13BrO2S. The summed E-state index contributed by atoms with van der Waals surface area (Å²) in [7, 11) is 1.62. The zero-order valence-electron chi connectivity index (χ0n) is 8.25. The number of methoxy groups -OCH3 is 1. The first kappa shape index (κ1) is 11.9. The Bertz CT molecular complexity index is 309. The summed E-state index contributed by atoms with van der Waals surface area (Å²) >= 11 is 5.01. The average Bonchev–Trinajstić information content (AvgIpc) is 2.51.